The molecule has 1 heterocycles. The van der Waals surface area contributed by atoms with Crippen LogP contribution in [0.25, 0.3) is 0 Å². The van der Waals surface area contributed by atoms with E-state index in [-0.39, 0.29) is 17.9 Å². The number of amides is 1. The van der Waals surface area contributed by atoms with E-state index in [0.717, 1.165) is 24.1 Å². The average Bonchev–Trinajstić information content (AvgIpc) is 2.94. The Hall–Kier alpha value is -1.35. The number of aliphatic hydroxyl groups excluding tert-OH is 1. The van der Waals surface area contributed by atoms with Crippen molar-refractivity contribution >= 4 is 11.6 Å². The van der Waals surface area contributed by atoms with Gasteiger partial charge in [0.15, 0.2) is 0 Å². The molecule has 0 radical (unpaired) electrons. The number of rotatable bonds is 2. The van der Waals surface area contributed by atoms with Gasteiger partial charge in [0.2, 0.25) is 5.91 Å². The van der Waals surface area contributed by atoms with Crippen molar-refractivity contribution in [3.63, 3.8) is 0 Å². The summed E-state index contributed by atoms with van der Waals surface area (Å²) in [6, 6.07) is 6.04. The Balaban J connectivity index is 2.00. The van der Waals surface area contributed by atoms with E-state index in [9.17, 15) is 9.90 Å². The van der Waals surface area contributed by atoms with Gasteiger partial charge in [0.25, 0.3) is 0 Å². The monoisotopic (exact) mass is 203 g/mol. The second-order valence-corrected chi connectivity index (χ2v) is 4.54. The summed E-state index contributed by atoms with van der Waals surface area (Å²) in [5.41, 5.74) is 3.18. The van der Waals surface area contributed by atoms with Crippen LogP contribution in [-0.2, 0) is 16.6 Å². The van der Waals surface area contributed by atoms with Crippen molar-refractivity contribution in [3.8, 4) is 0 Å². The minimum atomic E-state index is 0.000662. The molecule has 0 bridgehead atoms. The summed E-state index contributed by atoms with van der Waals surface area (Å²) < 4.78 is 0. The molecule has 1 amide bonds. The van der Waals surface area contributed by atoms with Crippen LogP contribution in [0.2, 0.25) is 0 Å². The van der Waals surface area contributed by atoms with Crippen LogP contribution in [0.5, 0.6) is 0 Å². The second kappa shape index (κ2) is 2.83. The molecule has 1 aromatic carbocycles. The Morgan fingerprint density at radius 1 is 1.40 bits per heavy atom. The van der Waals surface area contributed by atoms with Crippen LogP contribution >= 0.6 is 0 Å². The van der Waals surface area contributed by atoms with Crippen LogP contribution in [-0.4, -0.2) is 17.6 Å². The number of benzene rings is 1. The highest BCUT2D eigenvalue weighted by Gasteiger charge is 2.44. The number of anilines is 1. The number of nitrogens with one attached hydrogen (secondary N) is 1. The third kappa shape index (κ3) is 1.27. The smallest absolute Gasteiger partial charge is 0.228 e. The fourth-order valence-corrected chi connectivity index (χ4v) is 2.25. The summed E-state index contributed by atoms with van der Waals surface area (Å²) >= 11 is 0. The lowest BCUT2D eigenvalue weighted by molar-refractivity contribution is -0.115. The zero-order valence-electron chi connectivity index (χ0n) is 8.42. The number of carbonyl (C=O) groups is 1. The second-order valence-electron chi connectivity index (χ2n) is 4.54. The van der Waals surface area contributed by atoms with E-state index in [1.807, 2.05) is 12.1 Å². The number of hydrogen-bond acceptors (Lipinski definition) is 2. The molecule has 0 spiro atoms. The lowest BCUT2D eigenvalue weighted by atomic mass is 9.94. The molecule has 0 saturated heterocycles. The first-order valence-corrected chi connectivity index (χ1v) is 5.28. The van der Waals surface area contributed by atoms with E-state index in [0.29, 0.717) is 6.42 Å². The molecule has 0 unspecified atom stereocenters. The Morgan fingerprint density at radius 2 is 2.20 bits per heavy atom. The highest BCUT2D eigenvalue weighted by Crippen LogP contribution is 2.48. The van der Waals surface area contributed by atoms with Crippen molar-refractivity contribution in [2.24, 2.45) is 0 Å². The molecule has 1 saturated carbocycles. The number of hydrogen-bond donors (Lipinski definition) is 2. The highest BCUT2D eigenvalue weighted by atomic mass is 16.3. The van der Waals surface area contributed by atoms with Gasteiger partial charge >= 0.3 is 0 Å². The largest absolute Gasteiger partial charge is 0.395 e. The SMILES string of the molecule is O=C1Cc2cc(C3(CO)CC3)ccc2N1. The molecule has 2 aliphatic rings. The molecule has 1 aromatic rings. The molecule has 1 fully saturated rings. The first-order valence-electron chi connectivity index (χ1n) is 5.28. The van der Waals surface area contributed by atoms with E-state index < -0.39 is 0 Å². The predicted molar refractivity (Wildman–Crippen MR) is 56.8 cm³/mol. The van der Waals surface area contributed by atoms with Crippen molar-refractivity contribution in [1.82, 2.24) is 0 Å². The van der Waals surface area contributed by atoms with E-state index in [4.69, 9.17) is 0 Å². The molecule has 3 heteroatoms. The van der Waals surface area contributed by atoms with Crippen molar-refractivity contribution in [3.05, 3.63) is 29.3 Å². The lowest BCUT2D eigenvalue weighted by Gasteiger charge is -2.13. The molecular weight excluding hydrogens is 190 g/mol. The molecule has 78 valence electrons. The van der Waals surface area contributed by atoms with Gasteiger partial charge in [-0.2, -0.15) is 0 Å². The van der Waals surface area contributed by atoms with Gasteiger partial charge in [-0.25, -0.2) is 0 Å². The Bertz CT molecular complexity index is 435. The van der Waals surface area contributed by atoms with Gasteiger partial charge in [-0.3, -0.25) is 4.79 Å². The molecule has 0 atom stereocenters. The molecule has 2 N–H and O–H groups in total. The van der Waals surface area contributed by atoms with Crippen LogP contribution < -0.4 is 5.32 Å². The first-order chi connectivity index (χ1) is 7.23. The summed E-state index contributed by atoms with van der Waals surface area (Å²) in [7, 11) is 0. The van der Waals surface area contributed by atoms with Crippen molar-refractivity contribution in [1.29, 1.82) is 0 Å². The zero-order chi connectivity index (χ0) is 10.5. The average molecular weight is 203 g/mol. The predicted octanol–water partition coefficient (Wildman–Crippen LogP) is 1.21. The third-order valence-corrected chi connectivity index (χ3v) is 3.50. The van der Waals surface area contributed by atoms with E-state index in [1.54, 1.807) is 0 Å². The Kier molecular flexibility index (Phi) is 1.68. The molecular formula is C12H13NO2. The summed E-state index contributed by atoms with van der Waals surface area (Å²) in [5, 5.41) is 12.1. The zero-order valence-corrected chi connectivity index (χ0v) is 8.42. The van der Waals surface area contributed by atoms with Gasteiger partial charge in [-0.15, -0.1) is 0 Å². The minimum Gasteiger partial charge on any atom is -0.395 e. The maximum atomic E-state index is 11.2. The molecule has 3 nitrogen and oxygen atoms in total. The Morgan fingerprint density at radius 3 is 2.87 bits per heavy atom. The van der Waals surface area contributed by atoms with Crippen molar-refractivity contribution in [2.75, 3.05) is 11.9 Å². The van der Waals surface area contributed by atoms with Crippen LogP contribution in [0, 0.1) is 0 Å². The summed E-state index contributed by atoms with van der Waals surface area (Å²) in [6.45, 7) is 0.215. The van der Waals surface area contributed by atoms with E-state index >= 15 is 0 Å². The fourth-order valence-electron chi connectivity index (χ4n) is 2.25. The van der Waals surface area contributed by atoms with Gasteiger partial charge in [-0.1, -0.05) is 12.1 Å². The summed E-state index contributed by atoms with van der Waals surface area (Å²) in [5.74, 6) is 0.0657. The van der Waals surface area contributed by atoms with Gasteiger partial charge in [-0.05, 0) is 30.0 Å². The van der Waals surface area contributed by atoms with Crippen molar-refractivity contribution < 1.29 is 9.90 Å². The minimum absolute atomic E-state index is 0.000662. The summed E-state index contributed by atoms with van der Waals surface area (Å²) in [6.07, 6.45) is 2.60. The van der Waals surface area contributed by atoms with Gasteiger partial charge in [0.1, 0.15) is 0 Å². The number of carbonyl (C=O) groups excluding carboxylic acids is 1. The van der Waals surface area contributed by atoms with Gasteiger partial charge < -0.3 is 10.4 Å². The Labute approximate surface area is 88.1 Å². The van der Waals surface area contributed by atoms with Crippen LogP contribution in [0.1, 0.15) is 24.0 Å². The van der Waals surface area contributed by atoms with Crippen LogP contribution in [0.4, 0.5) is 5.69 Å². The quantitative estimate of drug-likeness (QED) is 0.759. The molecule has 1 aliphatic heterocycles. The van der Waals surface area contributed by atoms with Crippen molar-refractivity contribution in [2.45, 2.75) is 24.7 Å². The molecule has 15 heavy (non-hydrogen) atoms. The molecule has 0 aromatic heterocycles. The topological polar surface area (TPSA) is 49.3 Å². The van der Waals surface area contributed by atoms with Crippen LogP contribution in [0.3, 0.4) is 0 Å². The molecule has 3 rings (SSSR count). The number of aliphatic hydroxyl groups is 1. The van der Waals surface area contributed by atoms with E-state index in [2.05, 4.69) is 11.4 Å². The standard InChI is InChI=1S/C12H13NO2/c14-7-12(3-4-12)9-1-2-10-8(5-9)6-11(15)13-10/h1-2,5,14H,3-4,6-7H2,(H,13,15). The third-order valence-electron chi connectivity index (χ3n) is 3.50. The number of fused-ring (bicyclic) bond motifs is 1. The normalized spacial score (nSPS) is 21.0. The fraction of sp³-hybridized carbons (Fsp3) is 0.417. The maximum absolute atomic E-state index is 11.2. The van der Waals surface area contributed by atoms with Gasteiger partial charge in [0.05, 0.1) is 13.0 Å². The van der Waals surface area contributed by atoms with E-state index in [1.165, 1.54) is 5.56 Å². The van der Waals surface area contributed by atoms with Gasteiger partial charge in [0, 0.05) is 11.1 Å². The molecule has 1 aliphatic carbocycles. The van der Waals surface area contributed by atoms with Crippen LogP contribution in [0.15, 0.2) is 18.2 Å². The summed E-state index contributed by atoms with van der Waals surface area (Å²) in [4.78, 5) is 11.2. The maximum Gasteiger partial charge on any atom is 0.228 e. The lowest BCUT2D eigenvalue weighted by Crippen LogP contribution is -2.11. The first kappa shape index (κ1) is 8.92. The highest BCUT2D eigenvalue weighted by molar-refractivity contribution is 5.99.